The Kier molecular flexibility index (Phi) is 2.83. The average molecular weight is 378 g/mol. The predicted octanol–water partition coefficient (Wildman–Crippen LogP) is 2.75. The zero-order valence-electron chi connectivity index (χ0n) is 6.03. The van der Waals surface area contributed by atoms with Crippen LogP contribution < -0.4 is 0 Å². The number of hydrogen-bond donors (Lipinski definition) is 1. The summed E-state index contributed by atoms with van der Waals surface area (Å²) in [6.45, 7) is 1.68. The van der Waals surface area contributed by atoms with Gasteiger partial charge in [0.2, 0.25) is 0 Å². The third kappa shape index (κ3) is 1.88. The highest BCUT2D eigenvalue weighted by Crippen LogP contribution is 2.43. The molecule has 1 aliphatic rings. The fourth-order valence-electron chi connectivity index (χ4n) is 0.983. The van der Waals surface area contributed by atoms with Crippen LogP contribution in [0.5, 0.6) is 0 Å². The summed E-state index contributed by atoms with van der Waals surface area (Å²) >= 11 is 4.34. The van der Waals surface area contributed by atoms with Crippen molar-refractivity contribution in [2.75, 3.05) is 0 Å². The van der Waals surface area contributed by atoms with Gasteiger partial charge in [0.05, 0.1) is 0 Å². The molecular formula is C7H8I2O2. The molecule has 0 unspecified atom stereocenters. The van der Waals surface area contributed by atoms with E-state index in [-0.39, 0.29) is 13.0 Å². The Labute approximate surface area is 92.7 Å². The maximum Gasteiger partial charge on any atom is 0.162 e. The fourth-order valence-corrected chi connectivity index (χ4v) is 2.33. The molecule has 4 heteroatoms. The van der Waals surface area contributed by atoms with Crippen molar-refractivity contribution in [1.82, 2.24) is 0 Å². The monoisotopic (exact) mass is 378 g/mol. The van der Waals surface area contributed by atoms with Crippen molar-refractivity contribution in [3.63, 3.8) is 0 Å². The lowest BCUT2D eigenvalue weighted by Gasteiger charge is -2.25. The van der Waals surface area contributed by atoms with E-state index < -0.39 is 0 Å². The molecule has 1 rings (SSSR count). The molecule has 1 aliphatic carbocycles. The van der Waals surface area contributed by atoms with Crippen molar-refractivity contribution in [3.05, 3.63) is 11.3 Å². The topological polar surface area (TPSA) is 37.3 Å². The average Bonchev–Trinajstić information content (AvgIpc) is 1.95. The number of Topliss-reactive ketones (excluding diaryl/α,β-unsaturated/α-hetero) is 1. The number of aliphatic hydroxyl groups excluding tert-OH is 1. The molecule has 0 fully saturated rings. The summed E-state index contributed by atoms with van der Waals surface area (Å²) in [6.07, 6.45) is 1.29. The van der Waals surface area contributed by atoms with Crippen LogP contribution in [-0.4, -0.2) is 12.3 Å². The van der Waals surface area contributed by atoms with Crippen molar-refractivity contribution >= 4 is 51.0 Å². The van der Waals surface area contributed by atoms with E-state index >= 15 is 0 Å². The SMILES string of the molecule is CC1=C(O)C(I)(I)CCC1=O. The van der Waals surface area contributed by atoms with E-state index in [1.165, 1.54) is 0 Å². The van der Waals surface area contributed by atoms with Gasteiger partial charge in [-0.1, -0.05) is 45.2 Å². The Morgan fingerprint density at radius 1 is 1.55 bits per heavy atom. The van der Waals surface area contributed by atoms with Gasteiger partial charge in [-0.3, -0.25) is 4.79 Å². The summed E-state index contributed by atoms with van der Waals surface area (Å²) in [5.41, 5.74) is 0.528. The molecule has 0 saturated heterocycles. The molecule has 0 heterocycles. The van der Waals surface area contributed by atoms with Crippen LogP contribution in [0, 0.1) is 0 Å². The minimum atomic E-state index is -0.256. The minimum Gasteiger partial charge on any atom is -0.510 e. The van der Waals surface area contributed by atoms with Gasteiger partial charge in [0.1, 0.15) is 7.19 Å². The van der Waals surface area contributed by atoms with E-state index in [4.69, 9.17) is 0 Å². The first-order valence-corrected chi connectivity index (χ1v) is 5.42. The van der Waals surface area contributed by atoms with Crippen LogP contribution in [0.15, 0.2) is 11.3 Å². The largest absolute Gasteiger partial charge is 0.510 e. The summed E-state index contributed by atoms with van der Waals surface area (Å²) in [5, 5.41) is 9.52. The molecule has 1 N–H and O–H groups in total. The Bertz CT molecular complexity index is 231. The number of alkyl halides is 2. The quantitative estimate of drug-likeness (QED) is 0.520. The van der Waals surface area contributed by atoms with Crippen LogP contribution in [-0.2, 0) is 4.79 Å². The molecule has 62 valence electrons. The highest BCUT2D eigenvalue weighted by Gasteiger charge is 2.35. The number of carbonyl (C=O) groups is 1. The lowest BCUT2D eigenvalue weighted by molar-refractivity contribution is -0.116. The smallest absolute Gasteiger partial charge is 0.162 e. The van der Waals surface area contributed by atoms with Crippen LogP contribution in [0.1, 0.15) is 19.8 Å². The first-order valence-electron chi connectivity index (χ1n) is 3.26. The summed E-state index contributed by atoms with van der Waals surface area (Å²) in [4.78, 5) is 11.1. The Balaban J connectivity index is 3.07. The maximum atomic E-state index is 11.1. The molecule has 0 aromatic heterocycles. The zero-order valence-corrected chi connectivity index (χ0v) is 10.3. The molecule has 0 aromatic rings. The maximum absolute atomic E-state index is 11.1. The second kappa shape index (κ2) is 3.20. The van der Waals surface area contributed by atoms with Crippen LogP contribution >= 0.6 is 45.2 Å². The van der Waals surface area contributed by atoms with E-state index in [1.807, 2.05) is 0 Å². The summed E-state index contributed by atoms with van der Waals surface area (Å²) in [7, 11) is 0. The van der Waals surface area contributed by atoms with Crippen molar-refractivity contribution < 1.29 is 9.90 Å². The van der Waals surface area contributed by atoms with Gasteiger partial charge in [-0.05, 0) is 13.3 Å². The number of ketones is 1. The molecule has 0 aromatic carbocycles. The second-order valence-electron chi connectivity index (χ2n) is 2.60. The molecule has 0 radical (unpaired) electrons. The van der Waals surface area contributed by atoms with E-state index in [1.54, 1.807) is 6.92 Å². The lowest BCUT2D eigenvalue weighted by Crippen LogP contribution is -2.25. The van der Waals surface area contributed by atoms with Crippen LogP contribution in [0.25, 0.3) is 0 Å². The molecule has 0 aliphatic heterocycles. The molecule has 11 heavy (non-hydrogen) atoms. The highest BCUT2D eigenvalue weighted by atomic mass is 127. The van der Waals surface area contributed by atoms with Gasteiger partial charge in [0, 0.05) is 12.0 Å². The number of hydrogen-bond acceptors (Lipinski definition) is 2. The third-order valence-electron chi connectivity index (χ3n) is 1.79. The Morgan fingerprint density at radius 2 is 2.09 bits per heavy atom. The van der Waals surface area contributed by atoms with Gasteiger partial charge < -0.3 is 5.11 Å². The van der Waals surface area contributed by atoms with Crippen molar-refractivity contribution in [1.29, 1.82) is 0 Å². The number of rotatable bonds is 0. The number of aliphatic hydroxyl groups is 1. The molecule has 0 saturated carbocycles. The first kappa shape index (κ1) is 9.76. The van der Waals surface area contributed by atoms with Crippen molar-refractivity contribution in [2.45, 2.75) is 21.2 Å². The Morgan fingerprint density at radius 3 is 2.55 bits per heavy atom. The number of carbonyl (C=O) groups excluding carboxylic acids is 1. The summed E-state index contributed by atoms with van der Waals surface area (Å²) in [5.74, 6) is 0.321. The number of halogens is 2. The highest BCUT2D eigenvalue weighted by molar-refractivity contribution is 14.2. The van der Waals surface area contributed by atoms with Crippen LogP contribution in [0.2, 0.25) is 0 Å². The molecule has 0 spiro atoms. The standard InChI is InChI=1S/C7H8I2O2/c1-4-5(10)2-3-7(8,9)6(4)11/h11H,2-3H2,1H3. The van der Waals surface area contributed by atoms with Gasteiger partial charge in [-0.25, -0.2) is 0 Å². The van der Waals surface area contributed by atoms with Crippen LogP contribution in [0.4, 0.5) is 0 Å². The second-order valence-corrected chi connectivity index (χ2v) is 8.35. The van der Waals surface area contributed by atoms with Crippen LogP contribution in [0.3, 0.4) is 0 Å². The lowest BCUT2D eigenvalue weighted by atomic mass is 9.98. The van der Waals surface area contributed by atoms with Gasteiger partial charge in [0.15, 0.2) is 5.78 Å². The van der Waals surface area contributed by atoms with Gasteiger partial charge in [-0.2, -0.15) is 0 Å². The van der Waals surface area contributed by atoms with E-state index in [9.17, 15) is 9.90 Å². The van der Waals surface area contributed by atoms with Crippen molar-refractivity contribution in [3.8, 4) is 0 Å². The number of allylic oxidation sites excluding steroid dienone is 2. The van der Waals surface area contributed by atoms with E-state index in [0.29, 0.717) is 12.0 Å². The molecular weight excluding hydrogens is 370 g/mol. The molecule has 0 bridgehead atoms. The molecule has 0 amide bonds. The summed E-state index contributed by atoms with van der Waals surface area (Å²) < 4.78 is -0.256. The van der Waals surface area contributed by atoms with Gasteiger partial charge >= 0.3 is 0 Å². The summed E-state index contributed by atoms with van der Waals surface area (Å²) in [6, 6.07) is 0. The van der Waals surface area contributed by atoms with Gasteiger partial charge in [-0.15, -0.1) is 0 Å². The molecule has 2 nitrogen and oxygen atoms in total. The molecule has 0 atom stereocenters. The first-order chi connectivity index (χ1) is 4.95. The predicted molar refractivity (Wildman–Crippen MR) is 60.3 cm³/mol. The van der Waals surface area contributed by atoms with E-state index in [2.05, 4.69) is 45.2 Å². The zero-order chi connectivity index (χ0) is 8.65. The normalized spacial score (nSPS) is 24.1. The van der Waals surface area contributed by atoms with E-state index in [0.717, 1.165) is 6.42 Å². The Hall–Kier alpha value is 0.670. The minimum absolute atomic E-state index is 0.0754. The fraction of sp³-hybridized carbons (Fsp3) is 0.571. The third-order valence-corrected chi connectivity index (χ3v) is 3.89. The van der Waals surface area contributed by atoms with Crippen molar-refractivity contribution in [2.24, 2.45) is 0 Å². The van der Waals surface area contributed by atoms with Gasteiger partial charge in [0.25, 0.3) is 0 Å².